The van der Waals surface area contributed by atoms with Crippen molar-refractivity contribution in [2.75, 3.05) is 25.4 Å². The molecule has 2 aliphatic rings. The summed E-state index contributed by atoms with van der Waals surface area (Å²) in [5.74, 6) is -0.617. The molecule has 0 saturated carbocycles. The molecule has 20 heavy (non-hydrogen) atoms. The summed E-state index contributed by atoms with van der Waals surface area (Å²) in [4.78, 5) is 38.2. The van der Waals surface area contributed by atoms with Crippen molar-refractivity contribution in [2.24, 2.45) is 0 Å². The highest BCUT2D eigenvalue weighted by atomic mass is 32.2. The van der Waals surface area contributed by atoms with Gasteiger partial charge in [0.25, 0.3) is 0 Å². The second kappa shape index (κ2) is 6.34. The number of thioether (sulfide) groups is 1. The van der Waals surface area contributed by atoms with Crippen molar-refractivity contribution in [2.45, 2.75) is 31.2 Å². The predicted molar refractivity (Wildman–Crippen MR) is 74.4 cm³/mol. The van der Waals surface area contributed by atoms with E-state index in [1.54, 1.807) is 4.90 Å². The maximum atomic E-state index is 12.6. The average molecular weight is 301 g/mol. The van der Waals surface area contributed by atoms with E-state index in [-0.39, 0.29) is 23.7 Å². The van der Waals surface area contributed by atoms with Crippen LogP contribution in [-0.4, -0.2) is 69.6 Å². The molecule has 2 heterocycles. The Balaban J connectivity index is 2.11. The van der Waals surface area contributed by atoms with Gasteiger partial charge < -0.3 is 15.3 Å². The second-order valence-electron chi connectivity index (χ2n) is 4.83. The largest absolute Gasteiger partial charge is 0.480 e. The summed E-state index contributed by atoms with van der Waals surface area (Å²) < 4.78 is 0. The maximum absolute atomic E-state index is 12.6. The van der Waals surface area contributed by atoms with Gasteiger partial charge in [0, 0.05) is 31.8 Å². The topological polar surface area (TPSA) is 89.9 Å². The number of nitrogens with one attached hydrogen (secondary N) is 1. The third-order valence-electron chi connectivity index (χ3n) is 3.53. The minimum absolute atomic E-state index is 0.0714. The lowest BCUT2D eigenvalue weighted by Gasteiger charge is -2.32. The van der Waals surface area contributed by atoms with Gasteiger partial charge in [-0.2, -0.15) is 0 Å². The van der Waals surface area contributed by atoms with Crippen LogP contribution in [0.25, 0.3) is 0 Å². The molecule has 3 amide bonds. The third-order valence-corrected chi connectivity index (χ3v) is 4.98. The van der Waals surface area contributed by atoms with Crippen LogP contribution < -0.4 is 5.32 Å². The van der Waals surface area contributed by atoms with Gasteiger partial charge in [0.05, 0.1) is 5.37 Å². The summed E-state index contributed by atoms with van der Waals surface area (Å²) in [6, 6.07) is -1.05. The molecule has 2 N–H and O–H groups in total. The summed E-state index contributed by atoms with van der Waals surface area (Å²) in [6.07, 6.45) is 0.979. The molecule has 0 bridgehead atoms. The first-order chi connectivity index (χ1) is 9.54. The standard InChI is InChI=1S/C12H19N3O4S/c1-2-10-15(8(7-20-10)11(17)18)12(19)14-5-3-9(16)13-4-6-14/h8,10H,2-7H2,1H3,(H,13,16)(H,17,18). The number of rotatable bonds is 2. The Labute approximate surface area is 121 Å². The van der Waals surface area contributed by atoms with Gasteiger partial charge in [0.2, 0.25) is 5.91 Å². The van der Waals surface area contributed by atoms with Crippen molar-refractivity contribution in [3.8, 4) is 0 Å². The van der Waals surface area contributed by atoms with E-state index in [4.69, 9.17) is 0 Å². The number of urea groups is 1. The maximum Gasteiger partial charge on any atom is 0.327 e. The minimum Gasteiger partial charge on any atom is -0.480 e. The molecule has 2 atom stereocenters. The molecule has 0 aliphatic carbocycles. The Morgan fingerprint density at radius 3 is 2.85 bits per heavy atom. The molecule has 0 aromatic rings. The Kier molecular flexibility index (Phi) is 4.74. The lowest BCUT2D eigenvalue weighted by Crippen LogP contribution is -2.52. The van der Waals surface area contributed by atoms with Crippen LogP contribution in [0.2, 0.25) is 0 Å². The van der Waals surface area contributed by atoms with E-state index >= 15 is 0 Å². The van der Waals surface area contributed by atoms with Crippen LogP contribution in [0.4, 0.5) is 4.79 Å². The molecule has 2 rings (SSSR count). The summed E-state index contributed by atoms with van der Waals surface area (Å²) in [7, 11) is 0. The van der Waals surface area contributed by atoms with E-state index < -0.39 is 12.0 Å². The van der Waals surface area contributed by atoms with Gasteiger partial charge in [-0.25, -0.2) is 9.59 Å². The van der Waals surface area contributed by atoms with Gasteiger partial charge in [-0.3, -0.25) is 9.69 Å². The fourth-order valence-electron chi connectivity index (χ4n) is 2.45. The molecule has 2 aliphatic heterocycles. The van der Waals surface area contributed by atoms with Crippen molar-refractivity contribution < 1.29 is 19.5 Å². The van der Waals surface area contributed by atoms with Crippen LogP contribution in [0, 0.1) is 0 Å². The van der Waals surface area contributed by atoms with Crippen molar-refractivity contribution in [3.63, 3.8) is 0 Å². The van der Waals surface area contributed by atoms with Crippen molar-refractivity contribution in [1.82, 2.24) is 15.1 Å². The summed E-state index contributed by atoms with van der Waals surface area (Å²) in [6.45, 7) is 3.12. The zero-order valence-corrected chi connectivity index (χ0v) is 12.2. The number of carboxylic acids is 1. The van der Waals surface area contributed by atoms with E-state index in [0.717, 1.165) is 0 Å². The zero-order valence-electron chi connectivity index (χ0n) is 11.4. The quantitative estimate of drug-likeness (QED) is 0.758. The third kappa shape index (κ3) is 3.00. The van der Waals surface area contributed by atoms with Gasteiger partial charge in [-0.1, -0.05) is 6.92 Å². The molecule has 2 fully saturated rings. The number of hydrogen-bond donors (Lipinski definition) is 2. The second-order valence-corrected chi connectivity index (χ2v) is 6.04. The van der Waals surface area contributed by atoms with Crippen LogP contribution in [0.5, 0.6) is 0 Å². The van der Waals surface area contributed by atoms with Crippen LogP contribution in [0.1, 0.15) is 19.8 Å². The first kappa shape index (κ1) is 15.0. The number of hydrogen-bond acceptors (Lipinski definition) is 4. The van der Waals surface area contributed by atoms with Crippen molar-refractivity contribution in [1.29, 1.82) is 0 Å². The number of aliphatic carboxylic acids is 1. The first-order valence-electron chi connectivity index (χ1n) is 6.73. The molecule has 7 nitrogen and oxygen atoms in total. The van der Waals surface area contributed by atoms with Crippen LogP contribution in [0.3, 0.4) is 0 Å². The summed E-state index contributed by atoms with van der Waals surface area (Å²) in [5, 5.41) is 11.9. The first-order valence-corrected chi connectivity index (χ1v) is 7.77. The van der Waals surface area contributed by atoms with Gasteiger partial charge >= 0.3 is 12.0 Å². The van der Waals surface area contributed by atoms with E-state index in [0.29, 0.717) is 31.8 Å². The van der Waals surface area contributed by atoms with Crippen LogP contribution >= 0.6 is 11.8 Å². The monoisotopic (exact) mass is 301 g/mol. The summed E-state index contributed by atoms with van der Waals surface area (Å²) in [5.41, 5.74) is 0. The average Bonchev–Trinajstić information content (AvgIpc) is 2.74. The van der Waals surface area contributed by atoms with E-state index in [2.05, 4.69) is 5.32 Å². The molecular formula is C12H19N3O4S. The zero-order chi connectivity index (χ0) is 14.7. The van der Waals surface area contributed by atoms with E-state index in [1.165, 1.54) is 16.7 Å². The number of carboxylic acid groups (broad SMARTS) is 1. The molecule has 0 aromatic carbocycles. The molecule has 112 valence electrons. The normalized spacial score (nSPS) is 27.1. The molecular weight excluding hydrogens is 282 g/mol. The smallest absolute Gasteiger partial charge is 0.327 e. The highest BCUT2D eigenvalue weighted by molar-refractivity contribution is 8.00. The number of carbonyl (C=O) groups excluding carboxylic acids is 2. The SMILES string of the molecule is CCC1SCC(C(=O)O)N1C(=O)N1CCNC(=O)CC1. The van der Waals surface area contributed by atoms with E-state index in [9.17, 15) is 19.5 Å². The molecule has 0 spiro atoms. The molecule has 0 radical (unpaired) electrons. The minimum atomic E-state index is -0.967. The Hall–Kier alpha value is -1.44. The van der Waals surface area contributed by atoms with Gasteiger partial charge in [-0.15, -0.1) is 11.8 Å². The Morgan fingerprint density at radius 2 is 2.20 bits per heavy atom. The predicted octanol–water partition coefficient (Wildman–Crippen LogP) is 0.166. The molecule has 2 saturated heterocycles. The Morgan fingerprint density at radius 1 is 1.45 bits per heavy atom. The van der Waals surface area contributed by atoms with Gasteiger partial charge in [0.1, 0.15) is 6.04 Å². The number of amides is 3. The van der Waals surface area contributed by atoms with E-state index in [1.807, 2.05) is 6.92 Å². The highest BCUT2D eigenvalue weighted by Gasteiger charge is 2.42. The fraction of sp³-hybridized carbons (Fsp3) is 0.750. The lowest BCUT2D eigenvalue weighted by atomic mass is 10.2. The van der Waals surface area contributed by atoms with Gasteiger partial charge in [0.15, 0.2) is 0 Å². The fourth-order valence-corrected chi connectivity index (χ4v) is 3.79. The van der Waals surface area contributed by atoms with Crippen molar-refractivity contribution >= 4 is 29.7 Å². The van der Waals surface area contributed by atoms with Gasteiger partial charge in [-0.05, 0) is 6.42 Å². The van der Waals surface area contributed by atoms with Crippen LogP contribution in [0.15, 0.2) is 0 Å². The van der Waals surface area contributed by atoms with Crippen molar-refractivity contribution in [3.05, 3.63) is 0 Å². The molecule has 8 heteroatoms. The lowest BCUT2D eigenvalue weighted by molar-refractivity contribution is -0.141. The number of carbonyl (C=O) groups is 3. The Bertz CT molecular complexity index is 418. The van der Waals surface area contributed by atoms with Crippen LogP contribution in [-0.2, 0) is 9.59 Å². The highest BCUT2D eigenvalue weighted by Crippen LogP contribution is 2.32. The summed E-state index contributed by atoms with van der Waals surface area (Å²) >= 11 is 1.50. The number of nitrogens with zero attached hydrogens (tertiary/aromatic N) is 2. The molecule has 2 unspecified atom stereocenters. The molecule has 0 aromatic heterocycles.